The van der Waals surface area contributed by atoms with E-state index in [0.717, 1.165) is 23.8 Å². The monoisotopic (exact) mass is 365 g/mol. The molecule has 1 aromatic heterocycles. The van der Waals surface area contributed by atoms with Crippen molar-refractivity contribution in [2.45, 2.75) is 25.7 Å². The van der Waals surface area contributed by atoms with Crippen LogP contribution in [0.15, 0.2) is 38.8 Å². The predicted molar refractivity (Wildman–Crippen MR) is 96.8 cm³/mol. The van der Waals surface area contributed by atoms with Crippen LogP contribution in [0, 0.1) is 5.92 Å². The number of nitrogens with one attached hydrogen (secondary N) is 1. The number of fused-ring (bicyclic) bond motifs is 1. The van der Waals surface area contributed by atoms with E-state index in [-0.39, 0.29) is 11.5 Å². The van der Waals surface area contributed by atoms with Crippen LogP contribution in [0.1, 0.15) is 24.0 Å². The molecule has 0 radical (unpaired) electrons. The van der Waals surface area contributed by atoms with Gasteiger partial charge >= 0.3 is 5.69 Å². The van der Waals surface area contributed by atoms with Crippen molar-refractivity contribution in [3.63, 3.8) is 0 Å². The molecule has 1 N–H and O–H groups in total. The molecule has 5 nitrogen and oxygen atoms in total. The maximum atomic E-state index is 12.2. The Balaban J connectivity index is 1.80. The molecule has 0 amide bonds. The average Bonchev–Trinajstić information content (AvgIpc) is 2.71. The van der Waals surface area contributed by atoms with Crippen molar-refractivity contribution >= 4 is 34.2 Å². The van der Waals surface area contributed by atoms with Crippen LogP contribution in [0.4, 0.5) is 5.82 Å². The molecule has 1 aliphatic rings. The van der Waals surface area contributed by atoms with Gasteiger partial charge in [0.05, 0.1) is 5.56 Å². The van der Waals surface area contributed by atoms with E-state index in [1.54, 1.807) is 0 Å². The Kier molecular flexibility index (Phi) is 4.92. The molecule has 0 bridgehead atoms. The summed E-state index contributed by atoms with van der Waals surface area (Å²) in [5.41, 5.74) is 0.908. The highest BCUT2D eigenvalue weighted by Crippen LogP contribution is 2.27. The minimum atomic E-state index is -0.480. The van der Waals surface area contributed by atoms with Gasteiger partial charge in [-0.3, -0.25) is 14.3 Å². The molecule has 3 rings (SSSR count). The average molecular weight is 366 g/mol. The number of aliphatic imine (C=N–C) groups is 1. The molecular formula is C17H17Cl2N3O2. The van der Waals surface area contributed by atoms with Gasteiger partial charge in [0.15, 0.2) is 0 Å². The summed E-state index contributed by atoms with van der Waals surface area (Å²) in [7, 11) is 1.45. The molecule has 0 fully saturated rings. The highest BCUT2D eigenvalue weighted by molar-refractivity contribution is 6.66. The number of aromatic nitrogens is 2. The molecule has 0 saturated heterocycles. The quantitative estimate of drug-likeness (QED) is 0.907. The van der Waals surface area contributed by atoms with Crippen LogP contribution in [0.5, 0.6) is 0 Å². The van der Waals surface area contributed by atoms with Crippen molar-refractivity contribution < 1.29 is 0 Å². The largest absolute Gasteiger partial charge is 0.329 e. The number of hydrogen-bond donors (Lipinski definition) is 1. The zero-order valence-electron chi connectivity index (χ0n) is 13.2. The topological polar surface area (TPSA) is 67.2 Å². The van der Waals surface area contributed by atoms with E-state index in [0.29, 0.717) is 28.0 Å². The van der Waals surface area contributed by atoms with Gasteiger partial charge in [-0.1, -0.05) is 35.3 Å². The number of halogens is 2. The van der Waals surface area contributed by atoms with Crippen LogP contribution >= 0.6 is 23.2 Å². The Hall–Kier alpha value is -1.85. The van der Waals surface area contributed by atoms with E-state index in [1.165, 1.54) is 12.6 Å². The van der Waals surface area contributed by atoms with Gasteiger partial charge in [0.2, 0.25) is 0 Å². The number of hydrogen-bond acceptors (Lipinski definition) is 3. The zero-order valence-corrected chi connectivity index (χ0v) is 14.7. The molecule has 0 spiro atoms. The van der Waals surface area contributed by atoms with Gasteiger partial charge in [0, 0.05) is 18.0 Å². The molecule has 126 valence electrons. The third-order valence-electron chi connectivity index (χ3n) is 4.37. The molecule has 1 aromatic carbocycles. The molecule has 2 aromatic rings. The maximum absolute atomic E-state index is 12.2. The van der Waals surface area contributed by atoms with Crippen LogP contribution in [-0.2, 0) is 19.9 Å². The lowest BCUT2D eigenvalue weighted by Gasteiger charge is -2.12. The summed E-state index contributed by atoms with van der Waals surface area (Å²) in [6, 6.07) is 7.71. The lowest BCUT2D eigenvalue weighted by Crippen LogP contribution is -2.34. The first kappa shape index (κ1) is 17.0. The van der Waals surface area contributed by atoms with Crippen LogP contribution in [0.25, 0.3) is 0 Å². The molecule has 1 atom stereocenters. The van der Waals surface area contributed by atoms with E-state index in [1.807, 2.05) is 24.3 Å². The summed E-state index contributed by atoms with van der Waals surface area (Å²) < 4.78 is 1.07. The van der Waals surface area contributed by atoms with E-state index < -0.39 is 5.69 Å². The van der Waals surface area contributed by atoms with Crippen LogP contribution in [0.2, 0.25) is 5.02 Å². The van der Waals surface area contributed by atoms with Crippen molar-refractivity contribution in [3.8, 4) is 0 Å². The third kappa shape index (κ3) is 3.47. The number of rotatable bonds is 3. The molecule has 1 unspecified atom stereocenters. The number of nitrogens with zero attached hydrogens (tertiary/aromatic N) is 2. The number of H-pyrrole nitrogens is 1. The summed E-state index contributed by atoms with van der Waals surface area (Å²) in [6.07, 6.45) is 2.94. The van der Waals surface area contributed by atoms with Gasteiger partial charge in [0.1, 0.15) is 11.0 Å². The predicted octanol–water partition coefficient (Wildman–Crippen LogP) is 3.19. The molecule has 1 aliphatic heterocycles. The van der Waals surface area contributed by atoms with Gasteiger partial charge in [-0.25, -0.2) is 9.79 Å². The highest BCUT2D eigenvalue weighted by atomic mass is 35.5. The van der Waals surface area contributed by atoms with Crippen LogP contribution < -0.4 is 11.2 Å². The smallest absolute Gasteiger partial charge is 0.291 e. The lowest BCUT2D eigenvalue weighted by atomic mass is 9.95. The van der Waals surface area contributed by atoms with Crippen LogP contribution in [-0.4, -0.2) is 14.7 Å². The van der Waals surface area contributed by atoms with Gasteiger partial charge in [-0.15, -0.1) is 0 Å². The van der Waals surface area contributed by atoms with Crippen molar-refractivity contribution in [2.24, 2.45) is 18.0 Å². The number of benzene rings is 1. The minimum absolute atomic E-state index is 0.0583. The second kappa shape index (κ2) is 6.95. The van der Waals surface area contributed by atoms with Gasteiger partial charge in [-0.05, 0) is 43.4 Å². The Morgan fingerprint density at radius 1 is 1.25 bits per heavy atom. The SMILES string of the molecule is Cn1c(=O)[nH]c2c(c1=O)CCC(CCc1ccc(Cl)cc1)C(Cl)=N2. The Morgan fingerprint density at radius 2 is 1.96 bits per heavy atom. The summed E-state index contributed by atoms with van der Waals surface area (Å²) in [5.74, 6) is 0.352. The first-order valence-electron chi connectivity index (χ1n) is 7.76. The second-order valence-corrected chi connectivity index (χ2v) is 6.78. The van der Waals surface area contributed by atoms with E-state index in [4.69, 9.17) is 23.2 Å². The maximum Gasteiger partial charge on any atom is 0.329 e. The van der Waals surface area contributed by atoms with Crippen molar-refractivity contribution in [3.05, 3.63) is 61.3 Å². The second-order valence-electron chi connectivity index (χ2n) is 5.96. The molecule has 2 heterocycles. The van der Waals surface area contributed by atoms with Gasteiger partial charge in [0.25, 0.3) is 5.56 Å². The summed E-state index contributed by atoms with van der Waals surface area (Å²) >= 11 is 12.2. The number of aromatic amines is 1. The molecule has 0 saturated carbocycles. The third-order valence-corrected chi connectivity index (χ3v) is 5.02. The highest BCUT2D eigenvalue weighted by Gasteiger charge is 2.22. The minimum Gasteiger partial charge on any atom is -0.291 e. The Labute approximate surface area is 149 Å². The lowest BCUT2D eigenvalue weighted by molar-refractivity contribution is 0.581. The normalized spacial score (nSPS) is 17.1. The first-order valence-corrected chi connectivity index (χ1v) is 8.52. The molecule has 24 heavy (non-hydrogen) atoms. The molecule has 0 aliphatic carbocycles. The summed E-state index contributed by atoms with van der Waals surface area (Å²) in [5, 5.41) is 1.15. The summed E-state index contributed by atoms with van der Waals surface area (Å²) in [4.78, 5) is 30.9. The molecular weight excluding hydrogens is 349 g/mol. The standard InChI is InChI=1S/C17H17Cl2N3O2/c1-22-16(23)13-9-6-11(14(19)20-15(13)21-17(22)24)5-2-10-3-7-12(18)8-4-10/h3-4,7-8,11H,2,5-6,9H2,1H3,(H,21,24). The van der Waals surface area contributed by atoms with Crippen molar-refractivity contribution in [1.29, 1.82) is 0 Å². The van der Waals surface area contributed by atoms with E-state index >= 15 is 0 Å². The Bertz CT molecular complexity index is 898. The van der Waals surface area contributed by atoms with E-state index in [2.05, 4.69) is 9.98 Å². The fraction of sp³-hybridized carbons (Fsp3) is 0.353. The van der Waals surface area contributed by atoms with Gasteiger partial charge < -0.3 is 0 Å². The van der Waals surface area contributed by atoms with Gasteiger partial charge in [-0.2, -0.15) is 0 Å². The van der Waals surface area contributed by atoms with E-state index in [9.17, 15) is 9.59 Å². The Morgan fingerprint density at radius 3 is 2.67 bits per heavy atom. The summed E-state index contributed by atoms with van der Waals surface area (Å²) in [6.45, 7) is 0. The van der Waals surface area contributed by atoms with Crippen LogP contribution in [0.3, 0.4) is 0 Å². The molecule has 7 heteroatoms. The number of aryl methyl sites for hydroxylation is 1. The fourth-order valence-electron chi connectivity index (χ4n) is 2.87. The fourth-order valence-corrected chi connectivity index (χ4v) is 3.30. The first-order chi connectivity index (χ1) is 11.5. The van der Waals surface area contributed by atoms with Crippen molar-refractivity contribution in [2.75, 3.05) is 0 Å². The van der Waals surface area contributed by atoms with Crippen molar-refractivity contribution in [1.82, 2.24) is 9.55 Å². The zero-order chi connectivity index (χ0) is 17.3.